The molecule has 5 nitrogen and oxygen atoms in total. The minimum Gasteiger partial charge on any atom is -0.475 e. The summed E-state index contributed by atoms with van der Waals surface area (Å²) in [6.07, 6.45) is 1.65. The molecule has 3 rings (SSSR count). The second-order valence-electron chi connectivity index (χ2n) is 4.59. The van der Waals surface area contributed by atoms with Gasteiger partial charge in [-0.1, -0.05) is 0 Å². The lowest BCUT2D eigenvalue weighted by Gasteiger charge is -2.42. The van der Waals surface area contributed by atoms with Crippen molar-refractivity contribution in [2.24, 2.45) is 5.41 Å². The summed E-state index contributed by atoms with van der Waals surface area (Å²) in [6, 6.07) is 5.72. The number of nitrogens with zero attached hydrogens (tertiary/aromatic N) is 2. The van der Waals surface area contributed by atoms with E-state index in [9.17, 15) is 10.1 Å². The zero-order valence-corrected chi connectivity index (χ0v) is 11.0. The van der Waals surface area contributed by atoms with Crippen LogP contribution in [0.3, 0.4) is 0 Å². The number of anilines is 1. The first-order valence-corrected chi connectivity index (χ1v) is 6.49. The van der Waals surface area contributed by atoms with Crippen LogP contribution in [0.15, 0.2) is 16.7 Å². The molecule has 1 unspecified atom stereocenters. The van der Waals surface area contributed by atoms with Crippen LogP contribution in [0.5, 0.6) is 5.75 Å². The van der Waals surface area contributed by atoms with Crippen molar-refractivity contribution in [3.8, 4) is 11.8 Å². The van der Waals surface area contributed by atoms with E-state index in [0.29, 0.717) is 29.0 Å². The van der Waals surface area contributed by atoms with E-state index in [0.717, 1.165) is 6.42 Å². The number of nitrogens with one attached hydrogen (secondary N) is 1. The number of halogens is 1. The first-order chi connectivity index (χ1) is 8.64. The van der Waals surface area contributed by atoms with Crippen LogP contribution in [0.4, 0.5) is 5.82 Å². The van der Waals surface area contributed by atoms with E-state index in [4.69, 9.17) is 4.74 Å². The van der Waals surface area contributed by atoms with E-state index in [-0.39, 0.29) is 5.91 Å². The average molecular weight is 308 g/mol. The third-order valence-electron chi connectivity index (χ3n) is 3.52. The van der Waals surface area contributed by atoms with Gasteiger partial charge in [0.25, 0.3) is 5.91 Å². The normalized spacial score (nSPS) is 24.0. The predicted molar refractivity (Wildman–Crippen MR) is 66.9 cm³/mol. The molecule has 1 atom stereocenters. The number of rotatable bonds is 1. The van der Waals surface area contributed by atoms with Crippen LogP contribution in [0, 0.1) is 16.7 Å². The molecule has 0 spiro atoms. The van der Waals surface area contributed by atoms with Gasteiger partial charge in [-0.15, -0.1) is 0 Å². The van der Waals surface area contributed by atoms with Crippen LogP contribution >= 0.6 is 15.9 Å². The first kappa shape index (κ1) is 11.5. The van der Waals surface area contributed by atoms with Crippen molar-refractivity contribution >= 4 is 27.7 Å². The lowest BCUT2D eigenvalue weighted by atomic mass is 9.65. The number of hydrogen-bond acceptors (Lipinski definition) is 4. The van der Waals surface area contributed by atoms with Gasteiger partial charge in [0.1, 0.15) is 10.0 Å². The zero-order valence-electron chi connectivity index (χ0n) is 9.44. The molecule has 1 amide bonds. The van der Waals surface area contributed by atoms with Crippen LogP contribution in [0.2, 0.25) is 0 Å². The maximum atomic E-state index is 12.0. The first-order valence-electron chi connectivity index (χ1n) is 5.70. The molecule has 0 radical (unpaired) electrons. The Bertz CT molecular complexity index is 563. The highest BCUT2D eigenvalue weighted by Crippen LogP contribution is 2.47. The van der Waals surface area contributed by atoms with Crippen molar-refractivity contribution in [3.63, 3.8) is 0 Å². The van der Waals surface area contributed by atoms with Gasteiger partial charge in [0.05, 0.1) is 6.07 Å². The van der Waals surface area contributed by atoms with Crippen molar-refractivity contribution in [1.82, 2.24) is 4.98 Å². The summed E-state index contributed by atoms with van der Waals surface area (Å²) >= 11 is 3.23. The highest BCUT2D eigenvalue weighted by Gasteiger charge is 2.51. The summed E-state index contributed by atoms with van der Waals surface area (Å²) in [7, 11) is 0. The summed E-state index contributed by atoms with van der Waals surface area (Å²) in [5.74, 6) is 0.636. The number of pyridine rings is 1. The number of carbonyl (C=O) groups is 1. The molecule has 6 heteroatoms. The summed E-state index contributed by atoms with van der Waals surface area (Å²) < 4.78 is 6.31. The number of fused-ring (bicyclic) bond motifs is 1. The molecule has 92 valence electrons. The molecule has 1 aromatic rings. The largest absolute Gasteiger partial charge is 0.475 e. The molecule has 2 aliphatic rings. The van der Waals surface area contributed by atoms with E-state index in [1.807, 2.05) is 0 Å². The van der Waals surface area contributed by atoms with Crippen LogP contribution in [-0.4, -0.2) is 17.0 Å². The summed E-state index contributed by atoms with van der Waals surface area (Å²) in [6.45, 7) is 0. The van der Waals surface area contributed by atoms with E-state index in [2.05, 4.69) is 32.3 Å². The van der Waals surface area contributed by atoms with E-state index < -0.39 is 11.5 Å². The molecule has 18 heavy (non-hydrogen) atoms. The fourth-order valence-electron chi connectivity index (χ4n) is 2.32. The van der Waals surface area contributed by atoms with Gasteiger partial charge in [0.2, 0.25) is 0 Å². The third kappa shape index (κ3) is 1.58. The lowest BCUT2D eigenvalue weighted by molar-refractivity contribution is -0.130. The van der Waals surface area contributed by atoms with Gasteiger partial charge < -0.3 is 10.1 Å². The number of nitriles is 1. The number of carbonyl (C=O) groups excluding carboxylic acids is 1. The second kappa shape index (κ2) is 3.95. The summed E-state index contributed by atoms with van der Waals surface area (Å²) in [5.41, 5.74) is -0.672. The Kier molecular flexibility index (Phi) is 2.52. The Morgan fingerprint density at radius 2 is 2.33 bits per heavy atom. The summed E-state index contributed by atoms with van der Waals surface area (Å²) in [5, 5.41) is 12.0. The molecule has 1 saturated carbocycles. The average Bonchev–Trinajstić information content (AvgIpc) is 2.29. The number of ether oxygens (including phenoxy) is 1. The quantitative estimate of drug-likeness (QED) is 0.807. The molecule has 1 aromatic heterocycles. The Balaban J connectivity index is 1.95. The van der Waals surface area contributed by atoms with Crippen molar-refractivity contribution in [2.45, 2.75) is 25.4 Å². The van der Waals surface area contributed by atoms with E-state index in [1.54, 1.807) is 12.1 Å². The highest BCUT2D eigenvalue weighted by molar-refractivity contribution is 9.10. The molecular formula is C12H10BrN3O2. The number of hydrogen-bond donors (Lipinski definition) is 1. The van der Waals surface area contributed by atoms with Crippen LogP contribution in [-0.2, 0) is 4.79 Å². The topological polar surface area (TPSA) is 75.0 Å². The van der Waals surface area contributed by atoms with Gasteiger partial charge in [0.15, 0.2) is 17.7 Å². The standard InChI is InChI=1S/C12H10BrN3O2/c13-8-3-2-7-10(15-8)16-11(17)9(18-7)12(6-14)4-1-5-12/h2-3,9H,1,4-5H2,(H,15,16,17). The van der Waals surface area contributed by atoms with Crippen LogP contribution in [0.25, 0.3) is 0 Å². The van der Waals surface area contributed by atoms with Crippen molar-refractivity contribution in [3.05, 3.63) is 16.7 Å². The van der Waals surface area contributed by atoms with Crippen molar-refractivity contribution in [2.75, 3.05) is 5.32 Å². The fraction of sp³-hybridized carbons (Fsp3) is 0.417. The minimum absolute atomic E-state index is 0.283. The van der Waals surface area contributed by atoms with Crippen LogP contribution < -0.4 is 10.1 Å². The smallest absolute Gasteiger partial charge is 0.268 e. The molecule has 1 fully saturated rings. The number of amides is 1. The minimum atomic E-state index is -0.730. The second-order valence-corrected chi connectivity index (χ2v) is 5.40. The maximum Gasteiger partial charge on any atom is 0.268 e. The molecule has 0 aromatic carbocycles. The SMILES string of the molecule is N#CC1(C2Oc3ccc(Br)nc3NC2=O)CCC1. The van der Waals surface area contributed by atoms with Gasteiger partial charge in [-0.2, -0.15) is 5.26 Å². The van der Waals surface area contributed by atoms with Gasteiger partial charge in [-0.3, -0.25) is 4.79 Å². The molecule has 1 aliphatic heterocycles. The van der Waals surface area contributed by atoms with Gasteiger partial charge in [-0.05, 0) is 47.3 Å². The van der Waals surface area contributed by atoms with Gasteiger partial charge >= 0.3 is 0 Å². The van der Waals surface area contributed by atoms with Gasteiger partial charge in [0, 0.05) is 0 Å². The van der Waals surface area contributed by atoms with Crippen LogP contribution in [0.1, 0.15) is 19.3 Å². The highest BCUT2D eigenvalue weighted by atomic mass is 79.9. The van der Waals surface area contributed by atoms with Crippen molar-refractivity contribution < 1.29 is 9.53 Å². The monoisotopic (exact) mass is 307 g/mol. The Labute approximate surface area is 112 Å². The maximum absolute atomic E-state index is 12.0. The molecule has 0 bridgehead atoms. The molecule has 0 saturated heterocycles. The molecular weight excluding hydrogens is 298 g/mol. The Morgan fingerprint density at radius 3 is 2.94 bits per heavy atom. The predicted octanol–water partition coefficient (Wildman–Crippen LogP) is 2.24. The van der Waals surface area contributed by atoms with Gasteiger partial charge in [-0.25, -0.2) is 4.98 Å². The Hall–Kier alpha value is -1.61. The van der Waals surface area contributed by atoms with E-state index >= 15 is 0 Å². The molecule has 1 N–H and O–H groups in total. The summed E-state index contributed by atoms with van der Waals surface area (Å²) in [4.78, 5) is 16.2. The van der Waals surface area contributed by atoms with E-state index in [1.165, 1.54) is 0 Å². The lowest BCUT2D eigenvalue weighted by Crippen LogP contribution is -2.52. The van der Waals surface area contributed by atoms with Crippen molar-refractivity contribution in [1.29, 1.82) is 5.26 Å². The zero-order chi connectivity index (χ0) is 12.8. The Morgan fingerprint density at radius 1 is 1.56 bits per heavy atom. The molecule has 2 heterocycles. The molecule has 1 aliphatic carbocycles. The number of aromatic nitrogens is 1. The fourth-order valence-corrected chi connectivity index (χ4v) is 2.63. The third-order valence-corrected chi connectivity index (χ3v) is 3.96.